The van der Waals surface area contributed by atoms with Gasteiger partial charge in [0, 0.05) is 11.8 Å². The van der Waals surface area contributed by atoms with Crippen molar-refractivity contribution >= 4 is 0 Å². The standard InChI is InChI=1S/C10H16O/c1-4-10(3)7(2)5-6-8-9(10)11-8/h7H,4-6H2,1-3H3. The Kier molecular flexibility index (Phi) is 1.33. The Hall–Kier alpha value is -0.460. The Balaban J connectivity index is 2.28. The molecule has 0 aromatic heterocycles. The van der Waals surface area contributed by atoms with E-state index in [1.165, 1.54) is 30.8 Å². The maximum Gasteiger partial charge on any atom is 0.148 e. The molecule has 0 bridgehead atoms. The Morgan fingerprint density at radius 3 is 2.91 bits per heavy atom. The van der Waals surface area contributed by atoms with E-state index in [9.17, 15) is 0 Å². The van der Waals surface area contributed by atoms with Crippen molar-refractivity contribution in [2.24, 2.45) is 11.3 Å². The molecule has 1 aliphatic heterocycles. The van der Waals surface area contributed by atoms with Gasteiger partial charge in [0.05, 0.1) is 0 Å². The molecule has 2 rings (SSSR count). The summed E-state index contributed by atoms with van der Waals surface area (Å²) in [5, 5.41) is 0. The van der Waals surface area contributed by atoms with Crippen LogP contribution in [0.4, 0.5) is 0 Å². The smallest absolute Gasteiger partial charge is 0.148 e. The van der Waals surface area contributed by atoms with E-state index in [2.05, 4.69) is 20.8 Å². The molecule has 0 saturated carbocycles. The molecule has 0 amide bonds. The largest absolute Gasteiger partial charge is 0.458 e. The minimum atomic E-state index is 0.369. The second kappa shape index (κ2) is 2.02. The monoisotopic (exact) mass is 152 g/mol. The lowest BCUT2D eigenvalue weighted by molar-refractivity contribution is 0.206. The molecule has 11 heavy (non-hydrogen) atoms. The van der Waals surface area contributed by atoms with E-state index < -0.39 is 0 Å². The molecule has 0 N–H and O–H groups in total. The molecule has 1 nitrogen and oxygen atoms in total. The Labute approximate surface area is 68.4 Å². The minimum absolute atomic E-state index is 0.369. The summed E-state index contributed by atoms with van der Waals surface area (Å²) in [5.41, 5.74) is 0.369. The van der Waals surface area contributed by atoms with E-state index in [4.69, 9.17) is 4.74 Å². The third-order valence-corrected chi connectivity index (χ3v) is 3.58. The summed E-state index contributed by atoms with van der Waals surface area (Å²) in [6.07, 6.45) is 3.71. The average Bonchev–Trinajstić information content (AvgIpc) is 2.77. The summed E-state index contributed by atoms with van der Waals surface area (Å²) < 4.78 is 5.49. The average molecular weight is 152 g/mol. The van der Waals surface area contributed by atoms with Crippen LogP contribution in [0.25, 0.3) is 0 Å². The van der Waals surface area contributed by atoms with Gasteiger partial charge in [0.2, 0.25) is 0 Å². The van der Waals surface area contributed by atoms with Crippen LogP contribution in [-0.4, -0.2) is 0 Å². The van der Waals surface area contributed by atoms with E-state index in [0.717, 1.165) is 5.92 Å². The van der Waals surface area contributed by atoms with Crippen LogP contribution in [0.5, 0.6) is 0 Å². The van der Waals surface area contributed by atoms with Crippen LogP contribution >= 0.6 is 0 Å². The fourth-order valence-corrected chi connectivity index (χ4v) is 2.10. The van der Waals surface area contributed by atoms with Crippen molar-refractivity contribution in [3.63, 3.8) is 0 Å². The highest BCUT2D eigenvalue weighted by atomic mass is 16.6. The first-order chi connectivity index (χ1) is 5.18. The van der Waals surface area contributed by atoms with Gasteiger partial charge >= 0.3 is 0 Å². The van der Waals surface area contributed by atoms with Crippen LogP contribution < -0.4 is 0 Å². The van der Waals surface area contributed by atoms with Gasteiger partial charge in [-0.05, 0) is 18.8 Å². The van der Waals surface area contributed by atoms with Gasteiger partial charge in [-0.25, -0.2) is 0 Å². The number of rotatable bonds is 1. The van der Waals surface area contributed by atoms with Crippen molar-refractivity contribution < 1.29 is 4.74 Å². The molecule has 0 fully saturated rings. The minimum Gasteiger partial charge on any atom is -0.458 e. The van der Waals surface area contributed by atoms with Crippen molar-refractivity contribution in [3.8, 4) is 0 Å². The fourth-order valence-electron chi connectivity index (χ4n) is 2.10. The molecule has 62 valence electrons. The maximum absolute atomic E-state index is 5.49. The summed E-state index contributed by atoms with van der Waals surface area (Å²) in [6, 6.07) is 0. The van der Waals surface area contributed by atoms with Crippen LogP contribution in [0, 0.1) is 11.3 Å². The van der Waals surface area contributed by atoms with Gasteiger partial charge < -0.3 is 4.74 Å². The first-order valence-corrected chi connectivity index (χ1v) is 4.60. The van der Waals surface area contributed by atoms with Gasteiger partial charge in [-0.3, -0.25) is 0 Å². The topological polar surface area (TPSA) is 12.5 Å². The molecule has 0 spiro atoms. The van der Waals surface area contributed by atoms with Crippen LogP contribution in [0.2, 0.25) is 0 Å². The second-order valence-electron chi connectivity index (χ2n) is 4.07. The van der Waals surface area contributed by atoms with Gasteiger partial charge in [0.15, 0.2) is 0 Å². The van der Waals surface area contributed by atoms with E-state index in [1.807, 2.05) is 0 Å². The molecule has 2 unspecified atom stereocenters. The van der Waals surface area contributed by atoms with E-state index in [0.29, 0.717) is 5.41 Å². The summed E-state index contributed by atoms with van der Waals surface area (Å²) in [7, 11) is 0. The van der Waals surface area contributed by atoms with Gasteiger partial charge in [0.25, 0.3) is 0 Å². The Bertz CT molecular complexity index is 217. The summed E-state index contributed by atoms with van der Waals surface area (Å²) >= 11 is 0. The summed E-state index contributed by atoms with van der Waals surface area (Å²) in [5.74, 6) is 3.42. The van der Waals surface area contributed by atoms with Crippen LogP contribution in [-0.2, 0) is 4.74 Å². The zero-order valence-electron chi connectivity index (χ0n) is 7.61. The normalized spacial score (nSPS) is 41.5. The van der Waals surface area contributed by atoms with Crippen molar-refractivity contribution in [1.82, 2.24) is 0 Å². The summed E-state index contributed by atoms with van der Waals surface area (Å²) in [4.78, 5) is 0. The van der Waals surface area contributed by atoms with Crippen LogP contribution in [0.15, 0.2) is 11.5 Å². The zero-order valence-corrected chi connectivity index (χ0v) is 7.61. The number of hydrogen-bond acceptors (Lipinski definition) is 1. The van der Waals surface area contributed by atoms with Gasteiger partial charge in [-0.1, -0.05) is 20.8 Å². The molecular formula is C10H16O. The molecule has 0 aromatic carbocycles. The van der Waals surface area contributed by atoms with Crippen LogP contribution in [0.1, 0.15) is 40.0 Å². The molecule has 0 radical (unpaired) electrons. The van der Waals surface area contributed by atoms with Crippen molar-refractivity contribution in [2.45, 2.75) is 40.0 Å². The van der Waals surface area contributed by atoms with Crippen molar-refractivity contribution in [2.75, 3.05) is 0 Å². The Morgan fingerprint density at radius 2 is 2.36 bits per heavy atom. The molecule has 0 saturated heterocycles. The van der Waals surface area contributed by atoms with Crippen LogP contribution in [0.3, 0.4) is 0 Å². The molecule has 1 heteroatoms. The first-order valence-electron chi connectivity index (χ1n) is 4.60. The predicted octanol–water partition coefficient (Wildman–Crippen LogP) is 3.07. The molecule has 1 aliphatic carbocycles. The van der Waals surface area contributed by atoms with Crippen molar-refractivity contribution in [1.29, 1.82) is 0 Å². The number of ether oxygens (including phenoxy) is 1. The third kappa shape index (κ3) is 0.831. The van der Waals surface area contributed by atoms with Gasteiger partial charge in [0.1, 0.15) is 11.5 Å². The molecule has 0 aromatic rings. The lowest BCUT2D eigenvalue weighted by atomic mass is 9.71. The number of allylic oxidation sites excluding steroid dienone is 2. The van der Waals surface area contributed by atoms with E-state index in [-0.39, 0.29) is 0 Å². The quantitative estimate of drug-likeness (QED) is 0.562. The molecule has 2 atom stereocenters. The SMILES string of the molecule is CCC1(C)C2=C(CCC1C)O2. The fraction of sp³-hybridized carbons (Fsp3) is 0.800. The number of hydrogen-bond donors (Lipinski definition) is 0. The van der Waals surface area contributed by atoms with Crippen molar-refractivity contribution in [3.05, 3.63) is 11.5 Å². The highest BCUT2D eigenvalue weighted by Gasteiger charge is 2.48. The molecule has 2 aliphatic rings. The highest BCUT2D eigenvalue weighted by molar-refractivity contribution is 5.28. The molecular weight excluding hydrogens is 136 g/mol. The van der Waals surface area contributed by atoms with E-state index in [1.54, 1.807) is 0 Å². The zero-order chi connectivity index (χ0) is 8.06. The maximum atomic E-state index is 5.49. The lowest BCUT2D eigenvalue weighted by Gasteiger charge is -2.31. The Morgan fingerprint density at radius 1 is 1.64 bits per heavy atom. The third-order valence-electron chi connectivity index (χ3n) is 3.58. The first kappa shape index (κ1) is 7.20. The summed E-state index contributed by atoms with van der Waals surface area (Å²) in [6.45, 7) is 6.93. The predicted molar refractivity (Wildman–Crippen MR) is 44.9 cm³/mol. The molecule has 1 heterocycles. The van der Waals surface area contributed by atoms with E-state index >= 15 is 0 Å². The highest BCUT2D eigenvalue weighted by Crippen LogP contribution is 2.55. The second-order valence-corrected chi connectivity index (χ2v) is 4.07. The van der Waals surface area contributed by atoms with Gasteiger partial charge in [-0.2, -0.15) is 0 Å². The lowest BCUT2D eigenvalue weighted by Crippen LogP contribution is -2.25. The van der Waals surface area contributed by atoms with Gasteiger partial charge in [-0.15, -0.1) is 0 Å².